The Bertz CT molecular complexity index is 511. The number of nitrogen functional groups attached to an aromatic ring is 1. The van der Waals surface area contributed by atoms with Crippen LogP contribution in [0.4, 0.5) is 5.69 Å². The molecule has 0 spiro atoms. The maximum Gasteiger partial charge on any atom is 0.0865 e. The van der Waals surface area contributed by atoms with E-state index in [2.05, 4.69) is 11.1 Å². The van der Waals surface area contributed by atoms with Crippen LogP contribution in [0, 0.1) is 6.92 Å². The van der Waals surface area contributed by atoms with Crippen LogP contribution in [0.25, 0.3) is 0 Å². The van der Waals surface area contributed by atoms with Gasteiger partial charge in [0, 0.05) is 30.1 Å². The minimum atomic E-state index is -0.606. The maximum atomic E-state index is 10.1. The molecule has 0 amide bonds. The standard InChI is InChI=1S/C14H16N2O/c1-10-3-2-4-11(7-10)8-14(17)12-9-16-6-5-13(12)15/h2-7,9,14,17H,8H2,1H3,(H2,15,16). The van der Waals surface area contributed by atoms with Crippen molar-refractivity contribution in [2.75, 3.05) is 5.73 Å². The van der Waals surface area contributed by atoms with E-state index in [4.69, 9.17) is 5.73 Å². The molecule has 0 aliphatic rings. The van der Waals surface area contributed by atoms with Gasteiger partial charge < -0.3 is 10.8 Å². The first-order valence-electron chi connectivity index (χ1n) is 5.60. The van der Waals surface area contributed by atoms with Crippen LogP contribution >= 0.6 is 0 Å². The molecule has 0 saturated heterocycles. The summed E-state index contributed by atoms with van der Waals surface area (Å²) in [6, 6.07) is 9.80. The summed E-state index contributed by atoms with van der Waals surface area (Å²) >= 11 is 0. The van der Waals surface area contributed by atoms with E-state index in [1.54, 1.807) is 18.5 Å². The number of benzene rings is 1. The number of aliphatic hydroxyl groups is 1. The highest BCUT2D eigenvalue weighted by molar-refractivity contribution is 5.46. The summed E-state index contributed by atoms with van der Waals surface area (Å²) in [5.74, 6) is 0. The summed E-state index contributed by atoms with van der Waals surface area (Å²) in [7, 11) is 0. The molecule has 1 aromatic carbocycles. The number of aliphatic hydroxyl groups excluding tert-OH is 1. The molecule has 2 aromatic rings. The van der Waals surface area contributed by atoms with Gasteiger partial charge in [0.2, 0.25) is 0 Å². The molecule has 17 heavy (non-hydrogen) atoms. The first-order valence-corrected chi connectivity index (χ1v) is 5.60. The number of nitrogens with zero attached hydrogens (tertiary/aromatic N) is 1. The first-order chi connectivity index (χ1) is 8.16. The SMILES string of the molecule is Cc1cccc(CC(O)c2cnccc2N)c1. The molecule has 3 nitrogen and oxygen atoms in total. The monoisotopic (exact) mass is 228 g/mol. The minimum absolute atomic E-state index is 0.553. The van der Waals surface area contributed by atoms with Gasteiger partial charge in [-0.2, -0.15) is 0 Å². The van der Waals surface area contributed by atoms with Gasteiger partial charge in [-0.15, -0.1) is 0 Å². The van der Waals surface area contributed by atoms with Gasteiger partial charge in [-0.1, -0.05) is 29.8 Å². The average molecular weight is 228 g/mol. The van der Waals surface area contributed by atoms with Gasteiger partial charge in [0.1, 0.15) is 0 Å². The first kappa shape index (κ1) is 11.6. The molecule has 0 aliphatic carbocycles. The lowest BCUT2D eigenvalue weighted by Gasteiger charge is -2.13. The Morgan fingerprint density at radius 2 is 2.18 bits per heavy atom. The number of hydrogen-bond acceptors (Lipinski definition) is 3. The fourth-order valence-electron chi connectivity index (χ4n) is 1.87. The summed E-state index contributed by atoms with van der Waals surface area (Å²) in [6.45, 7) is 2.04. The van der Waals surface area contributed by atoms with E-state index in [1.807, 2.05) is 25.1 Å². The van der Waals surface area contributed by atoms with Crippen molar-refractivity contribution in [1.82, 2.24) is 4.98 Å². The summed E-state index contributed by atoms with van der Waals surface area (Å²) in [6.07, 6.45) is 3.19. The van der Waals surface area contributed by atoms with Crippen molar-refractivity contribution < 1.29 is 5.11 Å². The van der Waals surface area contributed by atoms with E-state index in [9.17, 15) is 5.11 Å². The van der Waals surface area contributed by atoms with Crippen LogP contribution in [0.2, 0.25) is 0 Å². The van der Waals surface area contributed by atoms with Gasteiger partial charge in [-0.25, -0.2) is 0 Å². The van der Waals surface area contributed by atoms with Crippen LogP contribution in [-0.4, -0.2) is 10.1 Å². The van der Waals surface area contributed by atoms with Crippen LogP contribution in [-0.2, 0) is 6.42 Å². The second-order valence-corrected chi connectivity index (χ2v) is 4.21. The summed E-state index contributed by atoms with van der Waals surface area (Å²) in [4.78, 5) is 3.99. The molecule has 3 N–H and O–H groups in total. The smallest absolute Gasteiger partial charge is 0.0865 e. The van der Waals surface area contributed by atoms with Crippen molar-refractivity contribution in [1.29, 1.82) is 0 Å². The number of rotatable bonds is 3. The molecule has 1 aromatic heterocycles. The van der Waals surface area contributed by atoms with E-state index in [0.717, 1.165) is 5.56 Å². The molecule has 3 heteroatoms. The van der Waals surface area contributed by atoms with E-state index < -0.39 is 6.10 Å². The molecule has 1 atom stereocenters. The highest BCUT2D eigenvalue weighted by atomic mass is 16.3. The lowest BCUT2D eigenvalue weighted by Crippen LogP contribution is -2.05. The molecule has 0 bridgehead atoms. The van der Waals surface area contributed by atoms with Gasteiger partial charge >= 0.3 is 0 Å². The number of aromatic nitrogens is 1. The molecule has 88 valence electrons. The highest BCUT2D eigenvalue weighted by Gasteiger charge is 2.11. The number of hydrogen-bond donors (Lipinski definition) is 2. The number of pyridine rings is 1. The predicted octanol–water partition coefficient (Wildman–Crippen LogP) is 2.25. The molecule has 1 heterocycles. The fraction of sp³-hybridized carbons (Fsp3) is 0.214. The summed E-state index contributed by atoms with van der Waals surface area (Å²) < 4.78 is 0. The zero-order chi connectivity index (χ0) is 12.3. The van der Waals surface area contributed by atoms with Crippen LogP contribution < -0.4 is 5.73 Å². The second kappa shape index (κ2) is 4.97. The normalized spacial score (nSPS) is 12.4. The highest BCUT2D eigenvalue weighted by Crippen LogP contribution is 2.22. The van der Waals surface area contributed by atoms with Crippen LogP contribution in [0.15, 0.2) is 42.7 Å². The molecule has 0 radical (unpaired) electrons. The minimum Gasteiger partial charge on any atom is -0.398 e. The quantitative estimate of drug-likeness (QED) is 0.847. The predicted molar refractivity (Wildman–Crippen MR) is 68.5 cm³/mol. The van der Waals surface area contributed by atoms with E-state index in [0.29, 0.717) is 17.7 Å². The molecular formula is C14H16N2O. The zero-order valence-electron chi connectivity index (χ0n) is 9.80. The summed E-state index contributed by atoms with van der Waals surface area (Å²) in [5.41, 5.74) is 9.36. The van der Waals surface area contributed by atoms with Gasteiger partial charge in [0.15, 0.2) is 0 Å². The Morgan fingerprint density at radius 1 is 1.35 bits per heavy atom. The fourth-order valence-corrected chi connectivity index (χ4v) is 1.87. The molecule has 0 aliphatic heterocycles. The Labute approximate surface area is 101 Å². The third-order valence-corrected chi connectivity index (χ3v) is 2.76. The third-order valence-electron chi connectivity index (χ3n) is 2.76. The van der Waals surface area contributed by atoms with Crippen molar-refractivity contribution >= 4 is 5.69 Å². The Kier molecular flexibility index (Phi) is 3.40. The van der Waals surface area contributed by atoms with Crippen LogP contribution in [0.5, 0.6) is 0 Å². The van der Waals surface area contributed by atoms with Crippen molar-refractivity contribution in [3.63, 3.8) is 0 Å². The Hall–Kier alpha value is -1.87. The van der Waals surface area contributed by atoms with Gasteiger partial charge in [-0.3, -0.25) is 4.98 Å². The topological polar surface area (TPSA) is 59.1 Å². The maximum absolute atomic E-state index is 10.1. The largest absolute Gasteiger partial charge is 0.398 e. The van der Waals surface area contributed by atoms with Crippen molar-refractivity contribution in [3.8, 4) is 0 Å². The number of aryl methyl sites for hydroxylation is 1. The van der Waals surface area contributed by atoms with Crippen molar-refractivity contribution in [3.05, 3.63) is 59.4 Å². The average Bonchev–Trinajstić information content (AvgIpc) is 2.29. The van der Waals surface area contributed by atoms with E-state index in [-0.39, 0.29) is 0 Å². The number of anilines is 1. The molecule has 1 unspecified atom stereocenters. The van der Waals surface area contributed by atoms with Gasteiger partial charge in [0.25, 0.3) is 0 Å². The molecule has 0 saturated carbocycles. The van der Waals surface area contributed by atoms with E-state index >= 15 is 0 Å². The van der Waals surface area contributed by atoms with Gasteiger partial charge in [-0.05, 0) is 18.6 Å². The Balaban J connectivity index is 2.17. The van der Waals surface area contributed by atoms with Crippen molar-refractivity contribution in [2.24, 2.45) is 0 Å². The Morgan fingerprint density at radius 3 is 2.88 bits per heavy atom. The summed E-state index contributed by atoms with van der Waals surface area (Å²) in [5, 5.41) is 10.1. The van der Waals surface area contributed by atoms with E-state index in [1.165, 1.54) is 5.56 Å². The molecular weight excluding hydrogens is 212 g/mol. The molecule has 0 fully saturated rings. The zero-order valence-corrected chi connectivity index (χ0v) is 9.80. The van der Waals surface area contributed by atoms with Crippen LogP contribution in [0.3, 0.4) is 0 Å². The molecule has 2 rings (SSSR count). The van der Waals surface area contributed by atoms with Gasteiger partial charge in [0.05, 0.1) is 6.10 Å². The lowest BCUT2D eigenvalue weighted by molar-refractivity contribution is 0.179. The lowest BCUT2D eigenvalue weighted by atomic mass is 10.0. The van der Waals surface area contributed by atoms with Crippen molar-refractivity contribution in [2.45, 2.75) is 19.4 Å². The van der Waals surface area contributed by atoms with Crippen LogP contribution in [0.1, 0.15) is 22.8 Å². The number of nitrogens with two attached hydrogens (primary N) is 1. The third kappa shape index (κ3) is 2.82. The second-order valence-electron chi connectivity index (χ2n) is 4.21.